The van der Waals surface area contributed by atoms with E-state index in [1.54, 1.807) is 11.1 Å². The van der Waals surface area contributed by atoms with Crippen molar-refractivity contribution < 1.29 is 29.4 Å². The highest BCUT2D eigenvalue weighted by Crippen LogP contribution is 2.20. The minimum atomic E-state index is -1.22. The highest BCUT2D eigenvalue weighted by atomic mass is 16.4. The molecule has 0 bridgehead atoms. The average Bonchev–Trinajstić information content (AvgIpc) is 3.24. The normalized spacial score (nSPS) is 14.9. The molecule has 0 radical (unpaired) electrons. The number of H-pyrrole nitrogens is 1. The molecule has 3 rings (SSSR count). The number of aromatic amines is 1. The Morgan fingerprint density at radius 2 is 1.75 bits per heavy atom. The molecule has 2 atom stereocenters. The number of likely N-dealkylation sites (tertiary alicyclic amines) is 1. The number of primary amides is 1. The summed E-state index contributed by atoms with van der Waals surface area (Å²) in [7, 11) is 0. The Morgan fingerprint density at radius 3 is 2.31 bits per heavy atom. The highest BCUT2D eigenvalue weighted by molar-refractivity contribution is 5.87. The zero-order valence-corrected chi connectivity index (χ0v) is 20.8. The molecule has 2 aromatic rings. The first kappa shape index (κ1) is 28.5. The van der Waals surface area contributed by atoms with Crippen LogP contribution in [-0.4, -0.2) is 69.8 Å². The van der Waals surface area contributed by atoms with E-state index >= 15 is 0 Å². The Hall–Kier alpha value is -3.76. The van der Waals surface area contributed by atoms with Gasteiger partial charge in [0.05, 0.1) is 5.92 Å². The Kier molecular flexibility index (Phi) is 11.0. The minimum Gasteiger partial charge on any atom is -0.480 e. The Bertz CT molecular complexity index is 1030. The summed E-state index contributed by atoms with van der Waals surface area (Å²) in [4.78, 5) is 50.3. The van der Waals surface area contributed by atoms with Gasteiger partial charge >= 0.3 is 18.1 Å². The molecule has 2 heterocycles. The van der Waals surface area contributed by atoms with E-state index in [1.165, 1.54) is 6.42 Å². The number of hydrogen-bond donors (Lipinski definition) is 6. The van der Waals surface area contributed by atoms with Gasteiger partial charge in [0.2, 0.25) is 5.91 Å². The van der Waals surface area contributed by atoms with E-state index in [2.05, 4.69) is 15.6 Å². The number of carboxylic acids is 1. The maximum atomic E-state index is 12.6. The molecule has 0 saturated carbocycles. The van der Waals surface area contributed by atoms with Gasteiger partial charge in [0.25, 0.3) is 0 Å². The van der Waals surface area contributed by atoms with Gasteiger partial charge in [-0.25, -0.2) is 14.4 Å². The molecule has 1 aliphatic rings. The first-order chi connectivity index (χ1) is 17.1. The number of hydrogen-bond acceptors (Lipinski definition) is 4. The number of carbonyl (C=O) groups excluding carboxylic acids is 2. The van der Waals surface area contributed by atoms with Crippen molar-refractivity contribution >= 4 is 34.9 Å². The van der Waals surface area contributed by atoms with Gasteiger partial charge in [0, 0.05) is 43.2 Å². The van der Waals surface area contributed by atoms with Crippen LogP contribution in [0.1, 0.15) is 45.1 Å². The molecule has 36 heavy (non-hydrogen) atoms. The van der Waals surface area contributed by atoms with E-state index in [-0.39, 0.29) is 24.9 Å². The third-order valence-corrected chi connectivity index (χ3v) is 6.01. The summed E-state index contributed by atoms with van der Waals surface area (Å²) in [6, 6.07) is 6.16. The number of carboxylic acid groups (broad SMARTS) is 2. The third kappa shape index (κ3) is 9.12. The fraction of sp³-hybridized carbons (Fsp3) is 0.520. The fourth-order valence-corrected chi connectivity index (χ4v) is 4.19. The number of para-hydroxylation sites is 1. The molecule has 1 fully saturated rings. The highest BCUT2D eigenvalue weighted by Gasteiger charge is 2.27. The summed E-state index contributed by atoms with van der Waals surface area (Å²) in [5.74, 6) is -2.08. The number of carbonyl (C=O) groups is 4. The van der Waals surface area contributed by atoms with Gasteiger partial charge in [0.15, 0.2) is 0 Å². The molecule has 11 heteroatoms. The van der Waals surface area contributed by atoms with Crippen molar-refractivity contribution in [2.45, 2.75) is 52.0 Å². The SMILES string of the molecule is CC(C)CC(CNC(=O)O)C(=O)N[C@@H](Cc1c[nH]c2ccccc12)C(=O)O.NC(=O)N1CCCCC1. The van der Waals surface area contributed by atoms with Gasteiger partial charge in [-0.3, -0.25) is 4.79 Å². The van der Waals surface area contributed by atoms with Crippen LogP contribution in [0.4, 0.5) is 9.59 Å². The topological polar surface area (TPSA) is 178 Å². The summed E-state index contributed by atoms with van der Waals surface area (Å²) in [5.41, 5.74) is 6.74. The number of urea groups is 1. The van der Waals surface area contributed by atoms with Gasteiger partial charge in [-0.05, 0) is 43.2 Å². The lowest BCUT2D eigenvalue weighted by molar-refractivity contribution is -0.142. The zero-order valence-electron chi connectivity index (χ0n) is 20.8. The number of aliphatic carboxylic acids is 1. The Morgan fingerprint density at radius 1 is 1.08 bits per heavy atom. The molecule has 1 aliphatic heterocycles. The van der Waals surface area contributed by atoms with Gasteiger partial charge in [-0.1, -0.05) is 32.0 Å². The summed E-state index contributed by atoms with van der Waals surface area (Å²) in [6.07, 6.45) is 4.57. The summed E-state index contributed by atoms with van der Waals surface area (Å²) >= 11 is 0. The first-order valence-corrected chi connectivity index (χ1v) is 12.2. The van der Waals surface area contributed by atoms with Crippen LogP contribution in [0.2, 0.25) is 0 Å². The number of piperidine rings is 1. The number of rotatable bonds is 9. The van der Waals surface area contributed by atoms with Crippen molar-refractivity contribution in [1.29, 1.82) is 0 Å². The molecule has 7 N–H and O–H groups in total. The van der Waals surface area contributed by atoms with E-state index in [1.807, 2.05) is 38.1 Å². The van der Waals surface area contributed by atoms with E-state index in [4.69, 9.17) is 10.8 Å². The summed E-state index contributed by atoms with van der Waals surface area (Å²) < 4.78 is 0. The molecule has 4 amide bonds. The molecule has 198 valence electrons. The zero-order chi connectivity index (χ0) is 26.7. The predicted octanol–water partition coefficient (Wildman–Crippen LogP) is 2.76. The summed E-state index contributed by atoms with van der Waals surface area (Å²) in [5, 5.41) is 24.0. The Balaban J connectivity index is 0.000000425. The quantitative estimate of drug-likeness (QED) is 0.306. The van der Waals surface area contributed by atoms with Crippen LogP contribution >= 0.6 is 0 Å². The largest absolute Gasteiger partial charge is 0.480 e. The third-order valence-electron chi connectivity index (χ3n) is 6.01. The number of nitrogens with one attached hydrogen (secondary N) is 3. The van der Waals surface area contributed by atoms with Gasteiger partial charge < -0.3 is 36.5 Å². The first-order valence-electron chi connectivity index (χ1n) is 12.2. The number of amides is 4. The number of fused-ring (bicyclic) bond motifs is 1. The lowest BCUT2D eigenvalue weighted by Gasteiger charge is -2.24. The lowest BCUT2D eigenvalue weighted by Crippen LogP contribution is -2.47. The maximum Gasteiger partial charge on any atom is 0.404 e. The standard InChI is InChI=1S/C19H25N3O5.C6H12N2O/c1-11(2)7-13(10-21-19(26)27)17(23)22-16(18(24)25)8-12-9-20-15-6-4-3-5-14(12)15;7-6(9)8-4-2-1-3-5-8/h3-6,9,11,13,16,20-21H,7-8,10H2,1-2H3,(H,22,23)(H,24,25)(H,26,27);1-5H2,(H2,7,9)/t13?,16-;/m0./s1. The molecule has 11 nitrogen and oxygen atoms in total. The molecular weight excluding hydrogens is 466 g/mol. The van der Waals surface area contributed by atoms with E-state index < -0.39 is 29.9 Å². The van der Waals surface area contributed by atoms with Crippen molar-refractivity contribution in [2.24, 2.45) is 17.6 Å². The molecule has 0 spiro atoms. The maximum absolute atomic E-state index is 12.6. The van der Waals surface area contributed by atoms with Crippen molar-refractivity contribution in [3.8, 4) is 0 Å². The molecule has 1 aromatic heterocycles. The second-order valence-corrected chi connectivity index (χ2v) is 9.36. The van der Waals surface area contributed by atoms with Crippen molar-refractivity contribution in [3.05, 3.63) is 36.0 Å². The smallest absolute Gasteiger partial charge is 0.404 e. The molecule has 1 unspecified atom stereocenters. The molecule has 0 aliphatic carbocycles. The Labute approximate surface area is 210 Å². The fourth-order valence-electron chi connectivity index (χ4n) is 4.19. The van der Waals surface area contributed by atoms with Gasteiger partial charge in [-0.2, -0.15) is 0 Å². The minimum absolute atomic E-state index is 0.0568. The van der Waals surface area contributed by atoms with E-state index in [9.17, 15) is 24.3 Å². The number of nitrogens with two attached hydrogens (primary N) is 1. The van der Waals surface area contributed by atoms with Crippen LogP contribution in [0.3, 0.4) is 0 Å². The predicted molar refractivity (Wildman–Crippen MR) is 136 cm³/mol. The number of benzene rings is 1. The van der Waals surface area contributed by atoms with Crippen LogP contribution in [0.15, 0.2) is 30.5 Å². The van der Waals surface area contributed by atoms with Crippen LogP contribution in [0.5, 0.6) is 0 Å². The second kappa shape index (κ2) is 14.0. The molecule has 1 aromatic carbocycles. The van der Waals surface area contributed by atoms with Crippen LogP contribution in [-0.2, 0) is 16.0 Å². The van der Waals surface area contributed by atoms with E-state index in [0.717, 1.165) is 42.4 Å². The van der Waals surface area contributed by atoms with Crippen LogP contribution in [0.25, 0.3) is 10.9 Å². The van der Waals surface area contributed by atoms with Crippen molar-refractivity contribution in [3.63, 3.8) is 0 Å². The average molecular weight is 504 g/mol. The van der Waals surface area contributed by atoms with E-state index in [0.29, 0.717) is 6.42 Å². The number of nitrogens with zero attached hydrogens (tertiary/aromatic N) is 1. The lowest BCUT2D eigenvalue weighted by atomic mass is 9.95. The monoisotopic (exact) mass is 503 g/mol. The summed E-state index contributed by atoms with van der Waals surface area (Å²) in [6.45, 7) is 5.49. The van der Waals surface area contributed by atoms with Crippen LogP contribution < -0.4 is 16.4 Å². The van der Waals surface area contributed by atoms with Gasteiger partial charge in [0.1, 0.15) is 6.04 Å². The van der Waals surface area contributed by atoms with Gasteiger partial charge in [-0.15, -0.1) is 0 Å². The number of aromatic nitrogens is 1. The van der Waals surface area contributed by atoms with Crippen molar-refractivity contribution in [1.82, 2.24) is 20.5 Å². The molecular formula is C25H37N5O6. The second-order valence-electron chi connectivity index (χ2n) is 9.36. The van der Waals surface area contributed by atoms with Crippen LogP contribution in [0, 0.1) is 11.8 Å². The van der Waals surface area contributed by atoms with Crippen molar-refractivity contribution in [2.75, 3.05) is 19.6 Å². The molecule has 1 saturated heterocycles.